The summed E-state index contributed by atoms with van der Waals surface area (Å²) in [5.74, 6) is 0.487. The first-order valence-electron chi connectivity index (χ1n) is 5.76. The van der Waals surface area contributed by atoms with Crippen LogP contribution in [0.3, 0.4) is 0 Å². The maximum Gasteiger partial charge on any atom is 0.226 e. The second-order valence-corrected chi connectivity index (χ2v) is 5.48. The minimum absolute atomic E-state index is 0.0388. The maximum absolute atomic E-state index is 11.8. The molecule has 0 aliphatic heterocycles. The maximum atomic E-state index is 11.8. The number of rotatable bonds is 4. The molecule has 0 bridgehead atoms. The van der Waals surface area contributed by atoms with Crippen molar-refractivity contribution in [2.24, 2.45) is 5.92 Å². The molecule has 0 aliphatic carbocycles. The van der Waals surface area contributed by atoms with Crippen molar-refractivity contribution in [1.29, 1.82) is 0 Å². The monoisotopic (exact) mass is 251 g/mol. The van der Waals surface area contributed by atoms with Crippen LogP contribution in [-0.2, 0) is 11.2 Å². The third-order valence-electron chi connectivity index (χ3n) is 2.87. The third kappa shape index (κ3) is 2.85. The van der Waals surface area contributed by atoms with Gasteiger partial charge in [-0.3, -0.25) is 9.20 Å². The number of carbonyl (C=O) groups is 1. The van der Waals surface area contributed by atoms with E-state index < -0.39 is 0 Å². The molecule has 1 amide bonds. The van der Waals surface area contributed by atoms with Crippen molar-refractivity contribution < 1.29 is 4.79 Å². The zero-order valence-corrected chi connectivity index (χ0v) is 11.1. The van der Waals surface area contributed by atoms with Gasteiger partial charge in [0.2, 0.25) is 5.91 Å². The van der Waals surface area contributed by atoms with Crippen LogP contribution >= 0.6 is 11.3 Å². The number of hydrogen-bond acceptors (Lipinski definition) is 3. The van der Waals surface area contributed by atoms with Gasteiger partial charge in [0.1, 0.15) is 0 Å². The Balaban J connectivity index is 1.97. The fourth-order valence-corrected chi connectivity index (χ4v) is 2.22. The number of nitrogens with one attached hydrogen (secondary N) is 1. The van der Waals surface area contributed by atoms with Crippen molar-refractivity contribution in [1.82, 2.24) is 14.7 Å². The van der Waals surface area contributed by atoms with Crippen molar-refractivity contribution in [2.75, 3.05) is 0 Å². The number of amides is 1. The molecule has 0 saturated carbocycles. The molecule has 0 aromatic carbocycles. The topological polar surface area (TPSA) is 46.4 Å². The summed E-state index contributed by atoms with van der Waals surface area (Å²) in [6.07, 6.45) is 4.21. The molecule has 0 aliphatic rings. The molecule has 2 aromatic heterocycles. The van der Waals surface area contributed by atoms with E-state index in [0.717, 1.165) is 10.7 Å². The van der Waals surface area contributed by atoms with Gasteiger partial charge in [0.15, 0.2) is 4.96 Å². The molecular formula is C12H17N3OS. The van der Waals surface area contributed by atoms with Gasteiger partial charge in [-0.05, 0) is 12.8 Å². The molecule has 4 nitrogen and oxygen atoms in total. The predicted molar refractivity (Wildman–Crippen MR) is 69.2 cm³/mol. The van der Waals surface area contributed by atoms with E-state index in [2.05, 4.69) is 24.1 Å². The molecule has 0 unspecified atom stereocenters. The third-order valence-corrected chi connectivity index (χ3v) is 3.64. The second-order valence-electron chi connectivity index (χ2n) is 4.60. The van der Waals surface area contributed by atoms with E-state index in [0.29, 0.717) is 12.3 Å². The highest BCUT2D eigenvalue weighted by atomic mass is 32.1. The minimum Gasteiger partial charge on any atom is -0.353 e. The number of hydrogen-bond donors (Lipinski definition) is 1. The first kappa shape index (κ1) is 12.1. The fraction of sp³-hybridized carbons (Fsp3) is 0.500. The van der Waals surface area contributed by atoms with Crippen LogP contribution in [0.2, 0.25) is 0 Å². The smallest absolute Gasteiger partial charge is 0.226 e. The number of carbonyl (C=O) groups excluding carboxylic acids is 1. The highest BCUT2D eigenvalue weighted by molar-refractivity contribution is 7.15. The number of nitrogens with zero attached hydrogens (tertiary/aromatic N) is 2. The first-order valence-corrected chi connectivity index (χ1v) is 6.64. The Bertz CT molecular complexity index is 486. The predicted octanol–water partition coefficient (Wildman–Crippen LogP) is 2.10. The molecule has 0 spiro atoms. The van der Waals surface area contributed by atoms with Crippen LogP contribution in [0.1, 0.15) is 26.5 Å². The van der Waals surface area contributed by atoms with Crippen LogP contribution in [0, 0.1) is 5.92 Å². The molecule has 2 heterocycles. The molecule has 2 aromatic rings. The summed E-state index contributed by atoms with van der Waals surface area (Å²) in [5, 5.41) is 4.96. The fourth-order valence-electron chi connectivity index (χ4n) is 1.50. The van der Waals surface area contributed by atoms with Gasteiger partial charge in [-0.1, -0.05) is 13.8 Å². The Morgan fingerprint density at radius 1 is 1.53 bits per heavy atom. The molecule has 0 radical (unpaired) electrons. The normalized spacial score (nSPS) is 13.2. The Hall–Kier alpha value is -1.36. The number of fused-ring (bicyclic) bond motifs is 1. The van der Waals surface area contributed by atoms with E-state index in [4.69, 9.17) is 0 Å². The van der Waals surface area contributed by atoms with Gasteiger partial charge >= 0.3 is 0 Å². The number of imidazole rings is 1. The summed E-state index contributed by atoms with van der Waals surface area (Å²) in [6.45, 7) is 6.21. The summed E-state index contributed by atoms with van der Waals surface area (Å²) in [5.41, 5.74) is 0.824. The van der Waals surface area contributed by atoms with E-state index in [1.165, 1.54) is 0 Å². The second kappa shape index (κ2) is 4.87. The Kier molecular flexibility index (Phi) is 3.47. The Labute approximate surface area is 105 Å². The SMILES string of the molecule is CC(C)[C@H](C)NC(=O)Cc1cn2ccsc2n1. The van der Waals surface area contributed by atoms with E-state index in [1.807, 2.05) is 29.1 Å². The lowest BCUT2D eigenvalue weighted by molar-refractivity contribution is -0.121. The van der Waals surface area contributed by atoms with Crippen LogP contribution in [-0.4, -0.2) is 21.3 Å². The molecule has 1 N–H and O–H groups in total. The van der Waals surface area contributed by atoms with E-state index in [9.17, 15) is 4.79 Å². The van der Waals surface area contributed by atoms with Crippen molar-refractivity contribution >= 4 is 22.2 Å². The lowest BCUT2D eigenvalue weighted by atomic mass is 10.1. The largest absolute Gasteiger partial charge is 0.353 e. The molecule has 1 atom stereocenters. The van der Waals surface area contributed by atoms with Crippen LogP contribution in [0.15, 0.2) is 17.8 Å². The highest BCUT2D eigenvalue weighted by Gasteiger charge is 2.12. The summed E-state index contributed by atoms with van der Waals surface area (Å²) >= 11 is 1.57. The Morgan fingerprint density at radius 2 is 2.29 bits per heavy atom. The molecule has 0 fully saturated rings. The summed E-state index contributed by atoms with van der Waals surface area (Å²) in [7, 11) is 0. The van der Waals surface area contributed by atoms with E-state index >= 15 is 0 Å². The molecule has 17 heavy (non-hydrogen) atoms. The minimum atomic E-state index is 0.0388. The van der Waals surface area contributed by atoms with Crippen molar-refractivity contribution in [2.45, 2.75) is 33.2 Å². The van der Waals surface area contributed by atoms with Gasteiger partial charge in [0.05, 0.1) is 12.1 Å². The molecular weight excluding hydrogens is 234 g/mol. The highest BCUT2D eigenvalue weighted by Crippen LogP contribution is 2.11. The van der Waals surface area contributed by atoms with Crippen LogP contribution in [0.5, 0.6) is 0 Å². The van der Waals surface area contributed by atoms with Gasteiger partial charge in [-0.15, -0.1) is 11.3 Å². The van der Waals surface area contributed by atoms with Gasteiger partial charge in [-0.2, -0.15) is 0 Å². The average molecular weight is 251 g/mol. The van der Waals surface area contributed by atoms with Gasteiger partial charge in [-0.25, -0.2) is 4.98 Å². The van der Waals surface area contributed by atoms with Crippen LogP contribution in [0.4, 0.5) is 0 Å². The van der Waals surface area contributed by atoms with E-state index in [-0.39, 0.29) is 11.9 Å². The molecule has 0 saturated heterocycles. The molecule has 5 heteroatoms. The van der Waals surface area contributed by atoms with Crippen molar-refractivity contribution in [3.63, 3.8) is 0 Å². The first-order chi connectivity index (χ1) is 8.06. The standard InChI is InChI=1S/C12H17N3OS/c1-8(2)9(3)13-11(16)6-10-7-15-4-5-17-12(15)14-10/h4-5,7-9H,6H2,1-3H3,(H,13,16)/t9-/m0/s1. The van der Waals surface area contributed by atoms with Gasteiger partial charge in [0, 0.05) is 23.8 Å². The van der Waals surface area contributed by atoms with Crippen LogP contribution in [0.25, 0.3) is 4.96 Å². The lowest BCUT2D eigenvalue weighted by Gasteiger charge is -2.16. The van der Waals surface area contributed by atoms with Gasteiger partial charge < -0.3 is 5.32 Å². The Morgan fingerprint density at radius 3 is 2.94 bits per heavy atom. The lowest BCUT2D eigenvalue weighted by Crippen LogP contribution is -2.37. The summed E-state index contributed by atoms with van der Waals surface area (Å²) < 4.78 is 1.94. The summed E-state index contributed by atoms with van der Waals surface area (Å²) in [4.78, 5) is 17.1. The van der Waals surface area contributed by atoms with Crippen LogP contribution < -0.4 is 5.32 Å². The quantitative estimate of drug-likeness (QED) is 0.904. The molecule has 92 valence electrons. The number of aromatic nitrogens is 2. The van der Waals surface area contributed by atoms with E-state index in [1.54, 1.807) is 11.3 Å². The summed E-state index contributed by atoms with van der Waals surface area (Å²) in [6, 6.07) is 0.200. The van der Waals surface area contributed by atoms with Gasteiger partial charge in [0.25, 0.3) is 0 Å². The average Bonchev–Trinajstić information content (AvgIpc) is 2.76. The zero-order valence-electron chi connectivity index (χ0n) is 10.3. The number of thiazole rings is 1. The zero-order chi connectivity index (χ0) is 12.4. The molecule has 2 rings (SSSR count). The van der Waals surface area contributed by atoms with Crippen molar-refractivity contribution in [3.8, 4) is 0 Å². The van der Waals surface area contributed by atoms with Crippen molar-refractivity contribution in [3.05, 3.63) is 23.5 Å².